The molecule has 1 saturated heterocycles. The van der Waals surface area contributed by atoms with Crippen molar-refractivity contribution in [1.29, 1.82) is 0 Å². The quantitative estimate of drug-likeness (QED) is 0.704. The maximum atomic E-state index is 12.2. The number of carbonyl (C=O) groups is 2. The first-order valence-corrected chi connectivity index (χ1v) is 10.9. The van der Waals surface area contributed by atoms with Gasteiger partial charge in [0.2, 0.25) is 15.9 Å². The maximum absolute atomic E-state index is 12.2. The van der Waals surface area contributed by atoms with Crippen LogP contribution in [0.2, 0.25) is 0 Å². The highest BCUT2D eigenvalue weighted by atomic mass is 32.2. The number of nitrogens with one attached hydrogen (secondary N) is 1. The van der Waals surface area contributed by atoms with E-state index in [4.69, 9.17) is 5.11 Å². The van der Waals surface area contributed by atoms with Crippen LogP contribution in [0.25, 0.3) is 0 Å². The molecule has 0 aromatic carbocycles. The third-order valence-corrected chi connectivity index (χ3v) is 7.42. The lowest BCUT2D eigenvalue weighted by Gasteiger charge is -2.32. The number of carboxylic acids is 1. The summed E-state index contributed by atoms with van der Waals surface area (Å²) in [5.74, 6) is -0.529. The van der Waals surface area contributed by atoms with E-state index in [-0.39, 0.29) is 29.5 Å². The number of carbonyl (C=O) groups excluding carboxylic acids is 1. The van der Waals surface area contributed by atoms with Crippen molar-refractivity contribution in [3.63, 3.8) is 0 Å². The summed E-state index contributed by atoms with van der Waals surface area (Å²) in [7, 11) is -3.15. The van der Waals surface area contributed by atoms with Crippen molar-refractivity contribution < 1.29 is 23.1 Å². The second kappa shape index (κ2) is 8.98. The maximum Gasteiger partial charge on any atom is 0.306 e. The molecule has 0 atom stereocenters. The van der Waals surface area contributed by atoms with Crippen LogP contribution in [0, 0.1) is 11.8 Å². The van der Waals surface area contributed by atoms with Gasteiger partial charge in [0.1, 0.15) is 0 Å². The van der Waals surface area contributed by atoms with Gasteiger partial charge < -0.3 is 10.4 Å². The number of nitrogens with zero attached hydrogens (tertiary/aromatic N) is 1. The molecular weight excluding hydrogens is 344 g/mol. The number of rotatable bonds is 7. The van der Waals surface area contributed by atoms with E-state index < -0.39 is 16.0 Å². The van der Waals surface area contributed by atoms with Crippen LogP contribution < -0.4 is 5.32 Å². The van der Waals surface area contributed by atoms with E-state index in [1.54, 1.807) is 0 Å². The first-order valence-electron chi connectivity index (χ1n) is 9.31. The van der Waals surface area contributed by atoms with Crippen molar-refractivity contribution in [3.05, 3.63) is 0 Å². The van der Waals surface area contributed by atoms with Crippen molar-refractivity contribution in [1.82, 2.24) is 9.62 Å². The fourth-order valence-corrected chi connectivity index (χ4v) is 5.37. The highest BCUT2D eigenvalue weighted by Gasteiger charge is 2.30. The second-order valence-corrected chi connectivity index (χ2v) is 9.41. The molecule has 2 aliphatic rings. The first-order chi connectivity index (χ1) is 11.8. The van der Waals surface area contributed by atoms with Crippen molar-refractivity contribution >= 4 is 21.9 Å². The minimum atomic E-state index is -3.15. The van der Waals surface area contributed by atoms with Crippen LogP contribution in [-0.2, 0) is 19.6 Å². The average Bonchev–Trinajstić information content (AvgIpc) is 2.55. The van der Waals surface area contributed by atoms with E-state index >= 15 is 0 Å². The van der Waals surface area contributed by atoms with Gasteiger partial charge in [-0.25, -0.2) is 12.7 Å². The molecule has 1 saturated carbocycles. The van der Waals surface area contributed by atoms with Crippen LogP contribution in [0.4, 0.5) is 0 Å². The minimum Gasteiger partial charge on any atom is -0.481 e. The van der Waals surface area contributed by atoms with Crippen LogP contribution in [-0.4, -0.2) is 54.6 Å². The Morgan fingerprint density at radius 1 is 1.08 bits per heavy atom. The summed E-state index contributed by atoms with van der Waals surface area (Å²) in [5, 5.41) is 12.0. The molecule has 8 heteroatoms. The van der Waals surface area contributed by atoms with Crippen molar-refractivity contribution in [2.45, 2.75) is 64.3 Å². The molecule has 0 unspecified atom stereocenters. The fourth-order valence-electron chi connectivity index (χ4n) is 3.83. The molecule has 0 radical (unpaired) electrons. The van der Waals surface area contributed by atoms with Crippen molar-refractivity contribution in [3.8, 4) is 0 Å². The molecule has 1 aliphatic carbocycles. The third kappa shape index (κ3) is 5.95. The van der Waals surface area contributed by atoms with Crippen LogP contribution in [0.15, 0.2) is 0 Å². The average molecular weight is 375 g/mol. The van der Waals surface area contributed by atoms with Crippen LogP contribution in [0.3, 0.4) is 0 Å². The standard InChI is InChI=1S/C17H30N2O5S/c1-2-11-25(23,24)19-9-7-15(8-10-19)18-16(20)12-13-3-5-14(6-4-13)17(21)22/h13-15H,2-12H2,1H3,(H,18,20)(H,21,22). The number of hydrogen-bond donors (Lipinski definition) is 2. The Bertz CT molecular complexity index is 562. The van der Waals surface area contributed by atoms with E-state index in [0.29, 0.717) is 51.6 Å². The predicted molar refractivity (Wildman–Crippen MR) is 94.5 cm³/mol. The zero-order chi connectivity index (χ0) is 18.4. The van der Waals surface area contributed by atoms with Crippen molar-refractivity contribution in [2.24, 2.45) is 11.8 Å². The molecule has 7 nitrogen and oxygen atoms in total. The van der Waals surface area contributed by atoms with Crippen molar-refractivity contribution in [2.75, 3.05) is 18.8 Å². The monoisotopic (exact) mass is 374 g/mol. The third-order valence-electron chi connectivity index (χ3n) is 5.34. The molecule has 2 fully saturated rings. The lowest BCUT2D eigenvalue weighted by atomic mass is 9.80. The van der Waals surface area contributed by atoms with Gasteiger partial charge in [-0.3, -0.25) is 9.59 Å². The second-order valence-electron chi connectivity index (χ2n) is 7.32. The summed E-state index contributed by atoms with van der Waals surface area (Å²) in [6.07, 6.45) is 5.25. The Balaban J connectivity index is 1.70. The zero-order valence-corrected chi connectivity index (χ0v) is 15.8. The van der Waals surface area contributed by atoms with Gasteiger partial charge in [0.05, 0.1) is 11.7 Å². The number of aliphatic carboxylic acids is 1. The lowest BCUT2D eigenvalue weighted by Crippen LogP contribution is -2.47. The summed E-state index contributed by atoms with van der Waals surface area (Å²) in [6, 6.07) is 0.0379. The molecule has 1 aliphatic heterocycles. The topological polar surface area (TPSA) is 104 Å². The number of piperidine rings is 1. The molecule has 0 aromatic heterocycles. The summed E-state index contributed by atoms with van der Waals surface area (Å²) in [5.41, 5.74) is 0. The molecule has 0 bridgehead atoms. The molecule has 0 aromatic rings. The van der Waals surface area contributed by atoms with Gasteiger partial charge in [-0.2, -0.15) is 0 Å². The van der Waals surface area contributed by atoms with Gasteiger partial charge >= 0.3 is 5.97 Å². The Labute approximate surface area is 150 Å². The van der Waals surface area contributed by atoms with E-state index in [1.165, 1.54) is 4.31 Å². The Hall–Kier alpha value is -1.15. The van der Waals surface area contributed by atoms with E-state index in [1.807, 2.05) is 6.92 Å². The number of amides is 1. The smallest absolute Gasteiger partial charge is 0.306 e. The van der Waals surface area contributed by atoms with Gasteiger partial charge in [-0.1, -0.05) is 6.92 Å². The van der Waals surface area contributed by atoms with Gasteiger partial charge in [-0.15, -0.1) is 0 Å². The molecule has 1 heterocycles. The summed E-state index contributed by atoms with van der Waals surface area (Å²) in [4.78, 5) is 23.2. The Kier molecular flexibility index (Phi) is 7.25. The molecule has 2 rings (SSSR count). The fraction of sp³-hybridized carbons (Fsp3) is 0.882. The lowest BCUT2D eigenvalue weighted by molar-refractivity contribution is -0.143. The predicted octanol–water partition coefficient (Wildman–Crippen LogP) is 1.59. The van der Waals surface area contributed by atoms with Gasteiger partial charge in [0.15, 0.2) is 0 Å². The molecule has 0 spiro atoms. The van der Waals surface area contributed by atoms with E-state index in [2.05, 4.69) is 5.32 Å². The van der Waals surface area contributed by atoms with E-state index in [0.717, 1.165) is 12.8 Å². The number of carboxylic acid groups (broad SMARTS) is 1. The summed E-state index contributed by atoms with van der Waals surface area (Å²) >= 11 is 0. The number of sulfonamides is 1. The molecular formula is C17H30N2O5S. The normalized spacial score (nSPS) is 26.3. The largest absolute Gasteiger partial charge is 0.481 e. The van der Waals surface area contributed by atoms with Gasteiger partial charge in [0, 0.05) is 25.6 Å². The molecule has 25 heavy (non-hydrogen) atoms. The summed E-state index contributed by atoms with van der Waals surface area (Å²) in [6.45, 7) is 2.79. The van der Waals surface area contributed by atoms with Crippen LogP contribution >= 0.6 is 0 Å². The minimum absolute atomic E-state index is 0.00800. The summed E-state index contributed by atoms with van der Waals surface area (Å²) < 4.78 is 25.6. The van der Waals surface area contributed by atoms with Crippen LogP contribution in [0.1, 0.15) is 58.3 Å². The Morgan fingerprint density at radius 2 is 1.68 bits per heavy atom. The number of hydrogen-bond acceptors (Lipinski definition) is 4. The molecule has 2 N–H and O–H groups in total. The van der Waals surface area contributed by atoms with Crippen LogP contribution in [0.5, 0.6) is 0 Å². The molecule has 144 valence electrons. The zero-order valence-electron chi connectivity index (χ0n) is 14.9. The highest BCUT2D eigenvalue weighted by molar-refractivity contribution is 7.89. The van der Waals surface area contributed by atoms with Gasteiger partial charge in [0.25, 0.3) is 0 Å². The SMILES string of the molecule is CCCS(=O)(=O)N1CCC(NC(=O)CC2CCC(C(=O)O)CC2)CC1. The van der Waals surface area contributed by atoms with E-state index in [9.17, 15) is 18.0 Å². The Morgan fingerprint density at radius 3 is 2.20 bits per heavy atom. The highest BCUT2D eigenvalue weighted by Crippen LogP contribution is 2.31. The first kappa shape index (κ1) is 20.2. The van der Waals surface area contributed by atoms with Gasteiger partial charge in [-0.05, 0) is 50.9 Å². The molecule has 1 amide bonds.